The fourth-order valence-electron chi connectivity index (χ4n) is 1.82. The lowest BCUT2D eigenvalue weighted by atomic mass is 9.94. The summed E-state index contributed by atoms with van der Waals surface area (Å²) in [6.45, 7) is 0. The quantitative estimate of drug-likeness (QED) is 0.600. The maximum Gasteiger partial charge on any atom is 0.181 e. The number of carbonyl (C=O) groups is 1. The van der Waals surface area contributed by atoms with Gasteiger partial charge in [-0.05, 0) is 23.8 Å². The molecule has 1 aliphatic rings. The zero-order chi connectivity index (χ0) is 14.6. The third-order valence-electron chi connectivity index (χ3n) is 3.05. The second-order valence-electron chi connectivity index (χ2n) is 4.38. The molecule has 0 bridgehead atoms. The minimum Gasteiger partial charge on any atom is -0.497 e. The number of hydrogen-bond donors (Lipinski definition) is 0. The number of ether oxygens (including phenoxy) is 1. The molecule has 0 aromatic heterocycles. The molecule has 1 aromatic rings. The van der Waals surface area contributed by atoms with E-state index in [0.29, 0.717) is 0 Å². The average molecular weight is 354 g/mol. The van der Waals surface area contributed by atoms with E-state index < -0.39 is 4.87 Å². The normalized spacial score (nSPS) is 25.1. The number of methoxy groups -OCH3 is 1. The summed E-state index contributed by atoms with van der Waals surface area (Å²) in [6, 6.07) is 7.45. The van der Waals surface area contributed by atoms with E-state index in [-0.39, 0.29) is 10.6 Å². The maximum absolute atomic E-state index is 12.3. The van der Waals surface area contributed by atoms with E-state index in [1.54, 1.807) is 25.3 Å². The molecule has 0 saturated carbocycles. The summed E-state index contributed by atoms with van der Waals surface area (Å²) in [6.07, 6.45) is 10.5. The lowest BCUT2D eigenvalue weighted by Gasteiger charge is -2.26. The summed E-state index contributed by atoms with van der Waals surface area (Å²) in [5, 5.41) is 0. The van der Waals surface area contributed by atoms with E-state index in [9.17, 15) is 4.79 Å². The van der Waals surface area contributed by atoms with Crippen LogP contribution in [0.25, 0.3) is 6.08 Å². The monoisotopic (exact) mass is 352 g/mol. The molecule has 4 heteroatoms. The minimum atomic E-state index is -1.06. The van der Waals surface area contributed by atoms with Crippen molar-refractivity contribution in [2.75, 3.05) is 7.11 Å². The molecule has 0 spiro atoms. The fourth-order valence-corrected chi connectivity index (χ4v) is 2.58. The Kier molecular flexibility index (Phi) is 4.84. The van der Waals surface area contributed by atoms with Crippen LogP contribution in [0.15, 0.2) is 54.6 Å². The number of hydrogen-bond acceptors (Lipinski definition) is 2. The summed E-state index contributed by atoms with van der Waals surface area (Å²) in [5.41, 5.74) is 0.917. The molecule has 0 N–H and O–H groups in total. The van der Waals surface area contributed by atoms with Gasteiger partial charge in [0.2, 0.25) is 0 Å². The topological polar surface area (TPSA) is 26.3 Å². The Hall–Kier alpha value is -1.32. The highest BCUT2D eigenvalue weighted by Gasteiger charge is 2.38. The van der Waals surface area contributed by atoms with Gasteiger partial charge < -0.3 is 4.74 Å². The first kappa shape index (κ1) is 15.1. The van der Waals surface area contributed by atoms with Crippen molar-refractivity contribution in [1.29, 1.82) is 0 Å². The Morgan fingerprint density at radius 2 is 2.05 bits per heavy atom. The van der Waals surface area contributed by atoms with Crippen LogP contribution in [0.3, 0.4) is 0 Å². The molecule has 0 saturated heterocycles. The molecule has 2 nitrogen and oxygen atoms in total. The van der Waals surface area contributed by atoms with Gasteiger partial charge in [0.1, 0.15) is 10.6 Å². The molecule has 0 amide bonds. The van der Waals surface area contributed by atoms with Crippen LogP contribution in [0.5, 0.6) is 5.75 Å². The van der Waals surface area contributed by atoms with Crippen molar-refractivity contribution in [1.82, 2.24) is 0 Å². The predicted molar refractivity (Wildman–Crippen MR) is 86.6 cm³/mol. The standard InChI is InChI=1S/C16H14BrClO2/c1-20-13-8-5-12(6-9-13)7-10-15(19)16(18)11-3-2-4-14(16)17/h2-11,14H,1H3. The van der Waals surface area contributed by atoms with E-state index in [1.165, 1.54) is 6.08 Å². The van der Waals surface area contributed by atoms with Gasteiger partial charge in [-0.1, -0.05) is 58.4 Å². The van der Waals surface area contributed by atoms with Crippen LogP contribution < -0.4 is 4.74 Å². The predicted octanol–water partition coefficient (Wildman–Crippen LogP) is 4.14. The van der Waals surface area contributed by atoms with Crippen molar-refractivity contribution in [3.63, 3.8) is 0 Å². The van der Waals surface area contributed by atoms with E-state index in [1.807, 2.05) is 36.4 Å². The summed E-state index contributed by atoms with van der Waals surface area (Å²) in [7, 11) is 1.62. The summed E-state index contributed by atoms with van der Waals surface area (Å²) in [4.78, 5) is 11.0. The molecular formula is C16H14BrClO2. The number of halogens is 2. The minimum absolute atomic E-state index is 0.155. The van der Waals surface area contributed by atoms with Crippen molar-refractivity contribution >= 4 is 39.4 Å². The van der Waals surface area contributed by atoms with Gasteiger partial charge in [-0.2, -0.15) is 0 Å². The Balaban J connectivity index is 2.12. The smallest absolute Gasteiger partial charge is 0.181 e. The molecule has 1 aromatic carbocycles. The van der Waals surface area contributed by atoms with Crippen LogP contribution in [0.2, 0.25) is 0 Å². The largest absolute Gasteiger partial charge is 0.497 e. The Morgan fingerprint density at radius 1 is 1.35 bits per heavy atom. The second kappa shape index (κ2) is 6.42. The van der Waals surface area contributed by atoms with Crippen molar-refractivity contribution in [2.24, 2.45) is 0 Å². The Morgan fingerprint density at radius 3 is 2.65 bits per heavy atom. The van der Waals surface area contributed by atoms with Crippen LogP contribution in [-0.2, 0) is 4.79 Å². The SMILES string of the molecule is COc1ccc(C=CC(=O)C2(Cl)C=CC=CC2Br)cc1. The Labute approximate surface area is 131 Å². The summed E-state index contributed by atoms with van der Waals surface area (Å²) >= 11 is 9.80. The van der Waals surface area contributed by atoms with Crippen molar-refractivity contribution in [2.45, 2.75) is 9.70 Å². The highest BCUT2D eigenvalue weighted by atomic mass is 79.9. The van der Waals surface area contributed by atoms with Gasteiger partial charge >= 0.3 is 0 Å². The van der Waals surface area contributed by atoms with Crippen molar-refractivity contribution in [3.8, 4) is 5.75 Å². The number of carbonyl (C=O) groups excluding carboxylic acids is 1. The third kappa shape index (κ3) is 3.22. The molecule has 2 unspecified atom stereocenters. The zero-order valence-electron chi connectivity index (χ0n) is 10.9. The number of rotatable bonds is 4. The molecule has 0 heterocycles. The van der Waals surface area contributed by atoms with Crippen LogP contribution in [-0.4, -0.2) is 22.6 Å². The van der Waals surface area contributed by atoms with Crippen LogP contribution in [0.4, 0.5) is 0 Å². The fraction of sp³-hybridized carbons (Fsp3) is 0.188. The van der Waals surface area contributed by atoms with Crippen LogP contribution in [0.1, 0.15) is 5.56 Å². The number of ketones is 1. The molecular weight excluding hydrogens is 340 g/mol. The molecule has 2 atom stereocenters. The van der Waals surface area contributed by atoms with Gasteiger partial charge in [-0.3, -0.25) is 4.79 Å². The van der Waals surface area contributed by atoms with E-state index >= 15 is 0 Å². The molecule has 104 valence electrons. The highest BCUT2D eigenvalue weighted by Crippen LogP contribution is 2.33. The molecule has 0 aliphatic heterocycles. The second-order valence-corrected chi connectivity index (χ2v) is 6.00. The molecule has 1 aliphatic carbocycles. The number of allylic oxidation sites excluding steroid dienone is 5. The number of benzene rings is 1. The van der Waals surface area contributed by atoms with Crippen LogP contribution >= 0.6 is 27.5 Å². The summed E-state index contributed by atoms with van der Waals surface area (Å²) < 4.78 is 5.08. The van der Waals surface area contributed by atoms with Gasteiger partial charge in [-0.15, -0.1) is 11.6 Å². The maximum atomic E-state index is 12.3. The average Bonchev–Trinajstić information content (AvgIpc) is 2.48. The van der Waals surface area contributed by atoms with E-state index in [2.05, 4.69) is 15.9 Å². The van der Waals surface area contributed by atoms with Crippen molar-refractivity contribution < 1.29 is 9.53 Å². The van der Waals surface area contributed by atoms with E-state index in [0.717, 1.165) is 11.3 Å². The first-order valence-corrected chi connectivity index (χ1v) is 7.41. The lowest BCUT2D eigenvalue weighted by Crippen LogP contribution is -2.38. The molecule has 20 heavy (non-hydrogen) atoms. The van der Waals surface area contributed by atoms with Gasteiger partial charge in [0.05, 0.1) is 11.9 Å². The van der Waals surface area contributed by atoms with Gasteiger partial charge in [-0.25, -0.2) is 0 Å². The van der Waals surface area contributed by atoms with E-state index in [4.69, 9.17) is 16.3 Å². The van der Waals surface area contributed by atoms with Gasteiger partial charge in [0, 0.05) is 0 Å². The zero-order valence-corrected chi connectivity index (χ0v) is 13.3. The lowest BCUT2D eigenvalue weighted by molar-refractivity contribution is -0.115. The number of alkyl halides is 2. The van der Waals surface area contributed by atoms with Gasteiger partial charge in [0.15, 0.2) is 5.78 Å². The first-order chi connectivity index (χ1) is 9.56. The Bertz CT molecular complexity index is 575. The highest BCUT2D eigenvalue weighted by molar-refractivity contribution is 9.09. The first-order valence-electron chi connectivity index (χ1n) is 6.12. The van der Waals surface area contributed by atoms with Gasteiger partial charge in [0.25, 0.3) is 0 Å². The van der Waals surface area contributed by atoms with Crippen molar-refractivity contribution in [3.05, 3.63) is 60.2 Å². The molecule has 2 rings (SSSR count). The van der Waals surface area contributed by atoms with Crippen LogP contribution in [0, 0.1) is 0 Å². The molecule has 0 fully saturated rings. The molecule has 0 radical (unpaired) electrons. The summed E-state index contributed by atoms with van der Waals surface area (Å²) in [5.74, 6) is 0.626. The third-order valence-corrected chi connectivity index (χ3v) is 4.89.